The highest BCUT2D eigenvalue weighted by Crippen LogP contribution is 2.23. The molecule has 142 valence electrons. The molecular formula is C19H19BrN2O4S. The molecule has 0 saturated carbocycles. The first-order valence-electron chi connectivity index (χ1n) is 8.38. The number of furan rings is 1. The number of carbonyl (C=O) groups is 1. The quantitative estimate of drug-likeness (QED) is 0.573. The van der Waals surface area contributed by atoms with Gasteiger partial charge in [-0.2, -0.15) is 0 Å². The van der Waals surface area contributed by atoms with Crippen LogP contribution in [0.5, 0.6) is 0 Å². The van der Waals surface area contributed by atoms with Crippen molar-refractivity contribution in [1.29, 1.82) is 0 Å². The van der Waals surface area contributed by atoms with Crippen LogP contribution in [0.4, 0.5) is 0 Å². The summed E-state index contributed by atoms with van der Waals surface area (Å²) in [5.74, 6) is 0.390. The molecule has 0 radical (unpaired) electrons. The number of sulfonamides is 1. The highest BCUT2D eigenvalue weighted by atomic mass is 79.9. The summed E-state index contributed by atoms with van der Waals surface area (Å²) in [6.45, 7) is 1.83. The van der Waals surface area contributed by atoms with E-state index in [1.54, 1.807) is 12.1 Å². The van der Waals surface area contributed by atoms with Gasteiger partial charge in [0.25, 0.3) is 0 Å². The Hall–Kier alpha value is -2.16. The van der Waals surface area contributed by atoms with Crippen molar-refractivity contribution in [2.45, 2.75) is 24.3 Å². The molecule has 2 aromatic carbocycles. The number of amides is 1. The molecule has 2 N–H and O–H groups in total. The molecule has 0 aliphatic heterocycles. The van der Waals surface area contributed by atoms with Gasteiger partial charge in [-0.05, 0) is 43.3 Å². The van der Waals surface area contributed by atoms with Crippen LogP contribution in [0.2, 0.25) is 0 Å². The van der Waals surface area contributed by atoms with Gasteiger partial charge in [-0.1, -0.05) is 34.1 Å². The summed E-state index contributed by atoms with van der Waals surface area (Å²) in [4.78, 5) is 12.3. The number of halogens is 1. The lowest BCUT2D eigenvalue weighted by molar-refractivity contribution is -0.121. The SMILES string of the molecule is C[C@@H](NC(=O)CCNS(=O)(=O)c1ccc(Br)cc1)c1cc2ccccc2o1. The van der Waals surface area contributed by atoms with Gasteiger partial charge in [0.05, 0.1) is 10.9 Å². The number of rotatable bonds is 7. The van der Waals surface area contributed by atoms with Crippen LogP contribution in [0.3, 0.4) is 0 Å². The Labute approximate surface area is 166 Å². The Bertz CT molecular complexity index is 1010. The van der Waals surface area contributed by atoms with Crippen LogP contribution in [0.25, 0.3) is 11.0 Å². The lowest BCUT2D eigenvalue weighted by Gasteiger charge is -2.12. The van der Waals surface area contributed by atoms with Crippen LogP contribution in [0, 0.1) is 0 Å². The Morgan fingerprint density at radius 3 is 2.56 bits per heavy atom. The first-order valence-corrected chi connectivity index (χ1v) is 10.7. The average molecular weight is 451 g/mol. The summed E-state index contributed by atoms with van der Waals surface area (Å²) in [5, 5.41) is 3.79. The lowest BCUT2D eigenvalue weighted by atomic mass is 10.2. The molecule has 0 aliphatic carbocycles. The Balaban J connectivity index is 1.52. The molecule has 0 bridgehead atoms. The highest BCUT2D eigenvalue weighted by Gasteiger charge is 2.16. The third-order valence-corrected chi connectivity index (χ3v) is 6.02. The van der Waals surface area contributed by atoms with Gasteiger partial charge < -0.3 is 9.73 Å². The van der Waals surface area contributed by atoms with Crippen molar-refractivity contribution in [3.63, 3.8) is 0 Å². The molecule has 1 atom stereocenters. The minimum absolute atomic E-state index is 0.0110. The van der Waals surface area contributed by atoms with Crippen LogP contribution >= 0.6 is 15.9 Å². The molecule has 0 spiro atoms. The highest BCUT2D eigenvalue weighted by molar-refractivity contribution is 9.10. The van der Waals surface area contributed by atoms with Crippen LogP contribution in [-0.4, -0.2) is 20.9 Å². The van der Waals surface area contributed by atoms with Crippen molar-refractivity contribution in [3.05, 3.63) is 64.8 Å². The maximum atomic E-state index is 12.2. The van der Waals surface area contributed by atoms with Crippen molar-refractivity contribution in [2.75, 3.05) is 6.54 Å². The van der Waals surface area contributed by atoms with Gasteiger partial charge >= 0.3 is 0 Å². The van der Waals surface area contributed by atoms with E-state index in [-0.39, 0.29) is 29.8 Å². The van der Waals surface area contributed by atoms with Gasteiger partial charge in [0, 0.05) is 22.8 Å². The molecule has 0 aliphatic rings. The van der Waals surface area contributed by atoms with Crippen molar-refractivity contribution >= 4 is 42.8 Å². The van der Waals surface area contributed by atoms with Crippen molar-refractivity contribution < 1.29 is 17.6 Å². The smallest absolute Gasteiger partial charge is 0.240 e. The standard InChI is InChI=1S/C19H19BrN2O4S/c1-13(18-12-14-4-2-3-5-17(14)26-18)22-19(23)10-11-21-27(24,25)16-8-6-15(20)7-9-16/h2-9,12-13,21H,10-11H2,1H3,(H,22,23)/t13-/m1/s1. The molecule has 8 heteroatoms. The van der Waals surface area contributed by atoms with Gasteiger partial charge in [-0.25, -0.2) is 13.1 Å². The predicted octanol–water partition coefficient (Wildman–Crippen LogP) is 3.74. The number of fused-ring (bicyclic) bond motifs is 1. The molecule has 1 aromatic heterocycles. The summed E-state index contributed by atoms with van der Waals surface area (Å²) in [6, 6.07) is 15.5. The zero-order chi connectivity index (χ0) is 19.4. The molecule has 0 fully saturated rings. The fraction of sp³-hybridized carbons (Fsp3) is 0.211. The van der Waals surface area contributed by atoms with Crippen LogP contribution < -0.4 is 10.0 Å². The van der Waals surface area contributed by atoms with E-state index in [0.717, 1.165) is 15.4 Å². The van der Waals surface area contributed by atoms with Gasteiger partial charge in [-0.3, -0.25) is 4.79 Å². The van der Waals surface area contributed by atoms with E-state index in [2.05, 4.69) is 26.0 Å². The van der Waals surface area contributed by atoms with E-state index in [0.29, 0.717) is 5.76 Å². The molecule has 1 heterocycles. The second-order valence-electron chi connectivity index (χ2n) is 6.08. The molecular weight excluding hydrogens is 432 g/mol. The van der Waals surface area contributed by atoms with Crippen molar-refractivity contribution in [2.24, 2.45) is 0 Å². The van der Waals surface area contributed by atoms with E-state index in [4.69, 9.17) is 4.42 Å². The Kier molecular flexibility index (Phi) is 5.98. The molecule has 6 nitrogen and oxygen atoms in total. The largest absolute Gasteiger partial charge is 0.459 e. The first kappa shape index (κ1) is 19.6. The average Bonchev–Trinajstić information content (AvgIpc) is 3.06. The summed E-state index contributed by atoms with van der Waals surface area (Å²) in [6.07, 6.45) is 0.0281. The summed E-state index contributed by atoms with van der Waals surface area (Å²) < 4.78 is 33.3. The Morgan fingerprint density at radius 1 is 1.15 bits per heavy atom. The third-order valence-electron chi connectivity index (χ3n) is 4.02. The number of nitrogens with one attached hydrogen (secondary N) is 2. The van der Waals surface area contributed by atoms with E-state index in [9.17, 15) is 13.2 Å². The molecule has 0 unspecified atom stereocenters. The predicted molar refractivity (Wildman–Crippen MR) is 107 cm³/mol. The van der Waals surface area contributed by atoms with Crippen molar-refractivity contribution in [1.82, 2.24) is 10.0 Å². The fourth-order valence-electron chi connectivity index (χ4n) is 2.60. The summed E-state index contributed by atoms with van der Waals surface area (Å²) in [7, 11) is -3.64. The molecule has 0 saturated heterocycles. The second-order valence-corrected chi connectivity index (χ2v) is 8.76. The Morgan fingerprint density at radius 2 is 1.85 bits per heavy atom. The molecule has 27 heavy (non-hydrogen) atoms. The third kappa shape index (κ3) is 4.97. The van der Waals surface area contributed by atoms with Gasteiger partial charge in [0.1, 0.15) is 11.3 Å². The second kappa shape index (κ2) is 8.24. The molecule has 1 amide bonds. The van der Waals surface area contributed by atoms with Gasteiger partial charge in [-0.15, -0.1) is 0 Å². The number of carbonyl (C=O) groups excluding carboxylic acids is 1. The summed E-state index contributed by atoms with van der Waals surface area (Å²) >= 11 is 3.26. The van der Waals surface area contributed by atoms with Crippen molar-refractivity contribution in [3.8, 4) is 0 Å². The van der Waals surface area contributed by atoms with E-state index in [1.165, 1.54) is 12.1 Å². The molecule has 3 rings (SSSR count). The monoisotopic (exact) mass is 450 g/mol. The maximum Gasteiger partial charge on any atom is 0.240 e. The van der Waals surface area contributed by atoms with Crippen LogP contribution in [-0.2, 0) is 14.8 Å². The van der Waals surface area contributed by atoms with Gasteiger partial charge in [0.15, 0.2) is 0 Å². The zero-order valence-electron chi connectivity index (χ0n) is 14.6. The number of hydrogen-bond acceptors (Lipinski definition) is 4. The summed E-state index contributed by atoms with van der Waals surface area (Å²) in [5.41, 5.74) is 0.760. The molecule has 3 aromatic rings. The maximum absolute atomic E-state index is 12.2. The normalized spacial score (nSPS) is 12.8. The number of hydrogen-bond donors (Lipinski definition) is 2. The zero-order valence-corrected chi connectivity index (χ0v) is 17.0. The van der Waals surface area contributed by atoms with E-state index < -0.39 is 10.0 Å². The first-order chi connectivity index (χ1) is 12.8. The minimum Gasteiger partial charge on any atom is -0.459 e. The van der Waals surface area contributed by atoms with E-state index in [1.807, 2.05) is 37.3 Å². The topological polar surface area (TPSA) is 88.4 Å². The number of benzene rings is 2. The fourth-order valence-corrected chi connectivity index (χ4v) is 3.89. The van der Waals surface area contributed by atoms with E-state index >= 15 is 0 Å². The number of para-hydroxylation sites is 1. The van der Waals surface area contributed by atoms with Crippen LogP contribution in [0.15, 0.2) is 68.4 Å². The van der Waals surface area contributed by atoms with Crippen LogP contribution in [0.1, 0.15) is 25.1 Å². The lowest BCUT2D eigenvalue weighted by Crippen LogP contribution is -2.32. The van der Waals surface area contributed by atoms with Gasteiger partial charge in [0.2, 0.25) is 15.9 Å². The minimum atomic E-state index is -3.64.